The quantitative estimate of drug-likeness (QED) is 0.459. The number of amides is 1. The van der Waals surface area contributed by atoms with Crippen LogP contribution >= 0.6 is 11.3 Å². The molecule has 2 aromatic carbocycles. The Hall–Kier alpha value is -3.50. The fourth-order valence-corrected chi connectivity index (χ4v) is 2.99. The monoisotopic (exact) mass is 404 g/mol. The molecule has 3 aromatic rings. The molecule has 1 amide bonds. The maximum absolute atomic E-state index is 11.0. The molecular weight excluding hydrogens is 384 g/mol. The van der Waals surface area contributed by atoms with Crippen molar-refractivity contribution in [2.75, 3.05) is 0 Å². The molecule has 0 saturated heterocycles. The Labute approximate surface area is 173 Å². The van der Waals surface area contributed by atoms with Crippen LogP contribution in [0.1, 0.15) is 24.3 Å². The number of rotatable bonds is 6. The van der Waals surface area contributed by atoms with Gasteiger partial charge in [-0.1, -0.05) is 53.5 Å². The minimum absolute atomic E-state index is 0.106. The smallest absolute Gasteiger partial charge is 0.279 e. The van der Waals surface area contributed by atoms with E-state index in [1.165, 1.54) is 18.3 Å². The molecule has 29 heavy (non-hydrogen) atoms. The van der Waals surface area contributed by atoms with Gasteiger partial charge in [-0.3, -0.25) is 4.79 Å². The highest BCUT2D eigenvalue weighted by Gasteiger charge is 2.04. The van der Waals surface area contributed by atoms with Crippen LogP contribution in [0.15, 0.2) is 71.0 Å². The van der Waals surface area contributed by atoms with Gasteiger partial charge in [0.05, 0.1) is 24.5 Å². The number of aromatic nitrogens is 1. The summed E-state index contributed by atoms with van der Waals surface area (Å²) in [5.74, 6) is 6.53. The summed E-state index contributed by atoms with van der Waals surface area (Å²) in [5.41, 5.74) is 1.87. The van der Waals surface area contributed by atoms with Gasteiger partial charge < -0.3 is 10.1 Å². The van der Waals surface area contributed by atoms with Crippen molar-refractivity contribution in [1.29, 1.82) is 0 Å². The zero-order valence-electron chi connectivity index (χ0n) is 16.1. The first-order chi connectivity index (χ1) is 14.1. The van der Waals surface area contributed by atoms with Gasteiger partial charge >= 0.3 is 0 Å². The molecule has 1 atom stereocenters. The van der Waals surface area contributed by atoms with Crippen molar-refractivity contribution in [3.8, 4) is 22.8 Å². The number of thiazole rings is 1. The summed E-state index contributed by atoms with van der Waals surface area (Å²) in [6, 6.07) is 17.1. The van der Waals surface area contributed by atoms with Crippen LogP contribution in [-0.2, 0) is 11.3 Å². The number of ether oxygens (including phenoxy) is 1. The van der Waals surface area contributed by atoms with Gasteiger partial charge in [0.25, 0.3) is 5.19 Å². The summed E-state index contributed by atoms with van der Waals surface area (Å²) < 4.78 is 5.78. The molecule has 0 spiro atoms. The predicted octanol–water partition coefficient (Wildman–Crippen LogP) is 5.10. The summed E-state index contributed by atoms with van der Waals surface area (Å²) in [6.45, 7) is 3.79. The summed E-state index contributed by atoms with van der Waals surface area (Å²) in [4.78, 5) is 16.0. The van der Waals surface area contributed by atoms with Crippen molar-refractivity contribution in [3.63, 3.8) is 0 Å². The van der Waals surface area contributed by atoms with Gasteiger partial charge in [-0.05, 0) is 36.8 Å². The Balaban J connectivity index is 1.54. The van der Waals surface area contributed by atoms with E-state index in [9.17, 15) is 4.79 Å². The Kier molecular flexibility index (Phi) is 7.09. The molecule has 1 aromatic heterocycles. The third kappa shape index (κ3) is 6.87. The number of azo groups is 1. The number of carbonyl (C=O) groups excluding carboxylic acids is 1. The van der Waals surface area contributed by atoms with E-state index in [1.807, 2.05) is 61.5 Å². The zero-order chi connectivity index (χ0) is 20.5. The first-order valence-electron chi connectivity index (χ1n) is 9.02. The Morgan fingerprint density at radius 1 is 1.21 bits per heavy atom. The van der Waals surface area contributed by atoms with E-state index in [1.54, 1.807) is 6.20 Å². The molecule has 6 nitrogen and oxygen atoms in total. The van der Waals surface area contributed by atoms with E-state index in [4.69, 9.17) is 4.74 Å². The number of nitrogens with zero attached hydrogens (tertiary/aromatic N) is 3. The van der Waals surface area contributed by atoms with Crippen LogP contribution < -0.4 is 10.1 Å². The van der Waals surface area contributed by atoms with Crippen LogP contribution in [0.5, 0.6) is 10.9 Å². The minimum Gasteiger partial charge on any atom is -0.431 e. The third-order valence-corrected chi connectivity index (χ3v) is 4.43. The second-order valence-corrected chi connectivity index (χ2v) is 7.16. The van der Waals surface area contributed by atoms with Gasteiger partial charge in [0.2, 0.25) is 5.91 Å². The van der Waals surface area contributed by atoms with E-state index in [2.05, 4.69) is 32.4 Å². The van der Waals surface area contributed by atoms with Crippen LogP contribution in [0.3, 0.4) is 0 Å². The SMILES string of the molecule is CC(=O)NC(C)C#Cc1cnc(Oc2ccc(CN=Nc3ccccc3)cc2)s1. The average molecular weight is 404 g/mol. The molecule has 3 rings (SSSR count). The molecular formula is C22H20N4O2S. The lowest BCUT2D eigenvalue weighted by molar-refractivity contribution is -0.119. The normalized spacial score (nSPS) is 11.5. The van der Waals surface area contributed by atoms with Crippen LogP contribution in [0, 0.1) is 11.8 Å². The van der Waals surface area contributed by atoms with Gasteiger partial charge in [-0.25, -0.2) is 4.98 Å². The van der Waals surface area contributed by atoms with E-state index in [0.717, 1.165) is 16.1 Å². The van der Waals surface area contributed by atoms with Gasteiger partial charge in [0.15, 0.2) is 0 Å². The van der Waals surface area contributed by atoms with Crippen molar-refractivity contribution in [2.24, 2.45) is 10.2 Å². The highest BCUT2D eigenvalue weighted by Crippen LogP contribution is 2.26. The molecule has 1 unspecified atom stereocenters. The summed E-state index contributed by atoms with van der Waals surface area (Å²) >= 11 is 1.35. The van der Waals surface area contributed by atoms with Crippen molar-refractivity contribution in [3.05, 3.63) is 71.2 Å². The third-order valence-electron chi connectivity index (χ3n) is 3.64. The number of hydrogen-bond donors (Lipinski definition) is 1. The standard InChI is InChI=1S/C22H20N4O2S/c1-16(25-17(2)27)8-13-21-15-23-22(29-21)28-20-11-9-18(10-12-20)14-24-26-19-6-4-3-5-7-19/h3-7,9-12,15-16H,14H2,1-2H3,(H,25,27). The minimum atomic E-state index is -0.217. The highest BCUT2D eigenvalue weighted by molar-refractivity contribution is 7.13. The predicted molar refractivity (Wildman–Crippen MR) is 113 cm³/mol. The molecule has 1 N–H and O–H groups in total. The second kappa shape index (κ2) is 10.2. The maximum Gasteiger partial charge on any atom is 0.279 e. The van der Waals surface area contributed by atoms with Crippen molar-refractivity contribution in [1.82, 2.24) is 10.3 Å². The van der Waals surface area contributed by atoms with Crippen LogP contribution in [0.4, 0.5) is 5.69 Å². The summed E-state index contributed by atoms with van der Waals surface area (Å²) in [6.07, 6.45) is 1.66. The van der Waals surface area contributed by atoms with Gasteiger partial charge in [0, 0.05) is 6.92 Å². The number of nitrogens with one attached hydrogen (secondary N) is 1. The second-order valence-electron chi connectivity index (χ2n) is 6.16. The van der Waals surface area contributed by atoms with Gasteiger partial charge in [-0.2, -0.15) is 10.2 Å². The molecule has 0 aliphatic heterocycles. The lowest BCUT2D eigenvalue weighted by Gasteiger charge is -2.02. The average Bonchev–Trinajstić information content (AvgIpc) is 3.15. The van der Waals surface area contributed by atoms with E-state index >= 15 is 0 Å². The fourth-order valence-electron chi connectivity index (χ4n) is 2.34. The lowest BCUT2D eigenvalue weighted by atomic mass is 10.2. The molecule has 0 radical (unpaired) electrons. The first kappa shape index (κ1) is 20.2. The Morgan fingerprint density at radius 3 is 2.69 bits per heavy atom. The van der Waals surface area contributed by atoms with Crippen molar-refractivity contribution >= 4 is 22.9 Å². The number of benzene rings is 2. The maximum atomic E-state index is 11.0. The topological polar surface area (TPSA) is 75.9 Å². The Bertz CT molecular complexity index is 1030. The summed E-state index contributed by atoms with van der Waals surface area (Å²) in [7, 11) is 0. The molecule has 1 heterocycles. The van der Waals surface area contributed by atoms with E-state index in [0.29, 0.717) is 17.5 Å². The molecule has 0 fully saturated rings. The van der Waals surface area contributed by atoms with Crippen LogP contribution in [0.25, 0.3) is 0 Å². The largest absolute Gasteiger partial charge is 0.431 e. The molecule has 0 aliphatic rings. The zero-order valence-corrected chi connectivity index (χ0v) is 16.9. The van der Waals surface area contributed by atoms with Crippen molar-refractivity contribution < 1.29 is 9.53 Å². The van der Waals surface area contributed by atoms with Crippen molar-refractivity contribution in [2.45, 2.75) is 26.4 Å². The number of carbonyl (C=O) groups is 1. The van der Waals surface area contributed by atoms with Gasteiger partial charge in [-0.15, -0.1) is 0 Å². The molecule has 0 bridgehead atoms. The molecule has 7 heteroatoms. The van der Waals surface area contributed by atoms with Crippen LogP contribution in [-0.4, -0.2) is 16.9 Å². The molecule has 0 saturated carbocycles. The highest BCUT2D eigenvalue weighted by atomic mass is 32.1. The van der Waals surface area contributed by atoms with E-state index < -0.39 is 0 Å². The summed E-state index contributed by atoms with van der Waals surface area (Å²) in [5, 5.41) is 11.6. The molecule has 0 aliphatic carbocycles. The fraction of sp³-hybridized carbons (Fsp3) is 0.182. The van der Waals surface area contributed by atoms with Gasteiger partial charge in [0.1, 0.15) is 10.6 Å². The number of hydrogen-bond acceptors (Lipinski definition) is 6. The first-order valence-corrected chi connectivity index (χ1v) is 9.84. The van der Waals surface area contributed by atoms with E-state index in [-0.39, 0.29) is 11.9 Å². The van der Waals surface area contributed by atoms with Crippen LogP contribution in [0.2, 0.25) is 0 Å². The lowest BCUT2D eigenvalue weighted by Crippen LogP contribution is -2.28. The Morgan fingerprint density at radius 2 is 1.97 bits per heavy atom. The molecule has 146 valence electrons.